The number of rotatable bonds is 8. The molecule has 1 heterocycles. The number of hydrogen-bond acceptors (Lipinski definition) is 5. The Bertz CT molecular complexity index is 1570. The highest BCUT2D eigenvalue weighted by Gasteiger charge is 2.10. The molecule has 6 nitrogen and oxygen atoms in total. The van der Waals surface area contributed by atoms with Gasteiger partial charge in [-0.2, -0.15) is 0 Å². The zero-order valence-electron chi connectivity index (χ0n) is 20.6. The van der Waals surface area contributed by atoms with Crippen molar-refractivity contribution in [2.45, 2.75) is 6.54 Å². The summed E-state index contributed by atoms with van der Waals surface area (Å²) in [5.41, 5.74) is 4.47. The van der Waals surface area contributed by atoms with Crippen LogP contribution in [0.2, 0.25) is 0 Å². The second-order valence-electron chi connectivity index (χ2n) is 8.45. The van der Waals surface area contributed by atoms with Crippen molar-refractivity contribution in [3.05, 3.63) is 120 Å². The fraction of sp³-hybridized carbons (Fsp3) is 0.0968. The lowest BCUT2D eigenvalue weighted by Gasteiger charge is -2.07. The lowest BCUT2D eigenvalue weighted by atomic mass is 10.1. The van der Waals surface area contributed by atoms with Crippen molar-refractivity contribution in [2.75, 3.05) is 14.2 Å². The summed E-state index contributed by atoms with van der Waals surface area (Å²) in [6.07, 6.45) is 3.96. The zero-order valence-corrected chi connectivity index (χ0v) is 20.6. The van der Waals surface area contributed by atoms with Crippen LogP contribution in [0.15, 0.2) is 108 Å². The summed E-state index contributed by atoms with van der Waals surface area (Å²) in [6.45, 7) is 0.621. The first-order valence-corrected chi connectivity index (χ1v) is 11.8. The minimum Gasteiger partial charge on any atom is -0.497 e. The van der Waals surface area contributed by atoms with E-state index in [1.807, 2.05) is 85.1 Å². The topological polar surface area (TPSA) is 62.1 Å². The van der Waals surface area contributed by atoms with Crippen LogP contribution in [-0.4, -0.2) is 31.0 Å². The molecular formula is C31H26N2O4. The van der Waals surface area contributed by atoms with Crippen LogP contribution in [0.4, 0.5) is 5.69 Å². The molecule has 0 bridgehead atoms. The third-order valence-corrected chi connectivity index (χ3v) is 5.99. The number of nitrogens with zero attached hydrogens (tertiary/aromatic N) is 2. The smallest absolute Gasteiger partial charge is 0.337 e. The molecule has 0 saturated carbocycles. The first-order chi connectivity index (χ1) is 18.1. The molecule has 0 aliphatic rings. The average Bonchev–Trinajstić information content (AvgIpc) is 3.29. The monoisotopic (exact) mass is 490 g/mol. The number of aliphatic imine (C=N–C) groups is 1. The number of hydrogen-bond donors (Lipinski definition) is 0. The van der Waals surface area contributed by atoms with E-state index < -0.39 is 0 Å². The minimum atomic E-state index is -0.341. The molecule has 0 N–H and O–H groups in total. The Balaban J connectivity index is 1.35. The molecule has 0 radical (unpaired) electrons. The van der Waals surface area contributed by atoms with Gasteiger partial charge in [0.2, 0.25) is 0 Å². The molecule has 6 heteroatoms. The number of benzene rings is 4. The lowest BCUT2D eigenvalue weighted by molar-refractivity contribution is 0.0600. The molecular weight excluding hydrogens is 464 g/mol. The van der Waals surface area contributed by atoms with Gasteiger partial charge in [-0.25, -0.2) is 4.79 Å². The van der Waals surface area contributed by atoms with E-state index in [4.69, 9.17) is 19.2 Å². The van der Waals surface area contributed by atoms with Gasteiger partial charge in [0.25, 0.3) is 0 Å². The van der Waals surface area contributed by atoms with Crippen molar-refractivity contribution in [3.8, 4) is 17.2 Å². The minimum absolute atomic E-state index is 0.341. The number of methoxy groups -OCH3 is 2. The van der Waals surface area contributed by atoms with Crippen molar-refractivity contribution in [1.29, 1.82) is 0 Å². The predicted octanol–water partition coefficient (Wildman–Crippen LogP) is 7.03. The van der Waals surface area contributed by atoms with Gasteiger partial charge >= 0.3 is 5.97 Å². The number of fused-ring (bicyclic) bond motifs is 1. The van der Waals surface area contributed by atoms with E-state index in [9.17, 15) is 4.79 Å². The quantitative estimate of drug-likeness (QED) is 0.173. The highest BCUT2D eigenvalue weighted by Crippen LogP contribution is 2.27. The first-order valence-electron chi connectivity index (χ1n) is 11.8. The maximum atomic E-state index is 11.9. The second-order valence-corrected chi connectivity index (χ2v) is 8.45. The van der Waals surface area contributed by atoms with Gasteiger partial charge in [-0.1, -0.05) is 36.4 Å². The van der Waals surface area contributed by atoms with E-state index in [-0.39, 0.29) is 5.97 Å². The summed E-state index contributed by atoms with van der Waals surface area (Å²) in [6, 6.07) is 30.8. The van der Waals surface area contributed by atoms with Crippen molar-refractivity contribution >= 4 is 28.8 Å². The standard InChI is InChI=1S/C31H26N2O4/c1-35-27-9-6-10-28(18-27)37-26-15-13-25(14-16-26)32-19-24-21-33(30-12-4-3-11-29(24)30)20-22-7-5-8-23(17-22)31(34)36-2/h3-19,21H,20H2,1-2H3. The molecule has 0 spiro atoms. The Morgan fingerprint density at radius 2 is 1.62 bits per heavy atom. The van der Waals surface area contributed by atoms with Crippen LogP contribution in [0.5, 0.6) is 17.2 Å². The predicted molar refractivity (Wildman–Crippen MR) is 146 cm³/mol. The van der Waals surface area contributed by atoms with Gasteiger partial charge in [-0.3, -0.25) is 4.99 Å². The third kappa shape index (κ3) is 5.54. The van der Waals surface area contributed by atoms with Gasteiger partial charge in [0.1, 0.15) is 17.2 Å². The Morgan fingerprint density at radius 3 is 2.43 bits per heavy atom. The zero-order chi connectivity index (χ0) is 25.6. The molecule has 0 aliphatic heterocycles. The SMILES string of the molecule is COC(=O)c1cccc(Cn2cc(C=Nc3ccc(Oc4cccc(OC)c4)cc3)c3ccccc32)c1. The molecule has 0 amide bonds. The van der Waals surface area contributed by atoms with E-state index in [0.717, 1.165) is 39.2 Å². The number of para-hydroxylation sites is 1. The fourth-order valence-corrected chi connectivity index (χ4v) is 4.17. The first kappa shape index (κ1) is 23.9. The van der Waals surface area contributed by atoms with Gasteiger partial charge in [0.15, 0.2) is 0 Å². The van der Waals surface area contributed by atoms with Gasteiger partial charge < -0.3 is 18.8 Å². The van der Waals surface area contributed by atoms with E-state index >= 15 is 0 Å². The largest absolute Gasteiger partial charge is 0.497 e. The number of aromatic nitrogens is 1. The van der Waals surface area contributed by atoms with E-state index in [2.05, 4.69) is 22.9 Å². The van der Waals surface area contributed by atoms with Crippen molar-refractivity contribution in [2.24, 2.45) is 4.99 Å². The molecule has 4 aromatic carbocycles. The fourth-order valence-electron chi connectivity index (χ4n) is 4.17. The molecule has 0 saturated heterocycles. The van der Waals surface area contributed by atoms with Crippen LogP contribution in [0, 0.1) is 0 Å². The van der Waals surface area contributed by atoms with Gasteiger partial charge in [0, 0.05) is 41.5 Å². The summed E-state index contributed by atoms with van der Waals surface area (Å²) >= 11 is 0. The number of carbonyl (C=O) groups excluding carboxylic acids is 1. The van der Waals surface area contributed by atoms with E-state index in [1.54, 1.807) is 13.2 Å². The molecule has 5 aromatic rings. The molecule has 0 atom stereocenters. The van der Waals surface area contributed by atoms with Crippen LogP contribution >= 0.6 is 0 Å². The Kier molecular flexibility index (Phi) is 6.99. The second kappa shape index (κ2) is 10.8. The molecule has 0 aliphatic carbocycles. The van der Waals surface area contributed by atoms with Crippen molar-refractivity contribution in [1.82, 2.24) is 4.57 Å². The third-order valence-electron chi connectivity index (χ3n) is 5.99. The molecule has 0 fully saturated rings. The maximum Gasteiger partial charge on any atom is 0.337 e. The van der Waals surface area contributed by atoms with Crippen molar-refractivity contribution < 1.29 is 19.0 Å². The average molecular weight is 491 g/mol. The summed E-state index contributed by atoms with van der Waals surface area (Å²) in [4.78, 5) is 16.6. The summed E-state index contributed by atoms with van der Waals surface area (Å²) in [5, 5.41) is 1.10. The Hall–Kier alpha value is -4.84. The van der Waals surface area contributed by atoms with E-state index in [1.165, 1.54) is 7.11 Å². The normalized spacial score (nSPS) is 11.1. The van der Waals surface area contributed by atoms with Gasteiger partial charge in [0.05, 0.1) is 25.5 Å². The van der Waals surface area contributed by atoms with Crippen molar-refractivity contribution in [3.63, 3.8) is 0 Å². The van der Waals surface area contributed by atoms with Gasteiger partial charge in [-0.05, 0) is 60.2 Å². The highest BCUT2D eigenvalue weighted by molar-refractivity contribution is 6.00. The molecule has 184 valence electrons. The highest BCUT2D eigenvalue weighted by atomic mass is 16.5. The molecule has 1 aromatic heterocycles. The molecule has 0 unspecified atom stereocenters. The number of esters is 1. The van der Waals surface area contributed by atoms with Crippen LogP contribution in [0.1, 0.15) is 21.5 Å². The Labute approximate surface area is 215 Å². The maximum absolute atomic E-state index is 11.9. The summed E-state index contributed by atoms with van der Waals surface area (Å²) in [7, 11) is 3.02. The van der Waals surface area contributed by atoms with Gasteiger partial charge in [-0.15, -0.1) is 0 Å². The van der Waals surface area contributed by atoms with Crippen LogP contribution in [0.25, 0.3) is 10.9 Å². The van der Waals surface area contributed by atoms with Crippen LogP contribution in [0.3, 0.4) is 0 Å². The number of ether oxygens (including phenoxy) is 3. The van der Waals surface area contributed by atoms with Crippen LogP contribution < -0.4 is 9.47 Å². The Morgan fingerprint density at radius 1 is 0.838 bits per heavy atom. The molecule has 5 rings (SSSR count). The summed E-state index contributed by atoms with van der Waals surface area (Å²) in [5.74, 6) is 1.83. The van der Waals surface area contributed by atoms with Crippen LogP contribution in [-0.2, 0) is 11.3 Å². The molecule has 37 heavy (non-hydrogen) atoms. The lowest BCUT2D eigenvalue weighted by Crippen LogP contribution is -2.03. The number of carbonyl (C=O) groups is 1. The van der Waals surface area contributed by atoms with E-state index in [0.29, 0.717) is 17.9 Å². The summed E-state index contributed by atoms with van der Waals surface area (Å²) < 4.78 is 18.2.